The van der Waals surface area contributed by atoms with E-state index in [1.807, 2.05) is 0 Å². The van der Waals surface area contributed by atoms with Gasteiger partial charge in [-0.05, 0) is 86.3 Å². The molecule has 5 rings (SSSR count). The average molecular weight is 823 g/mol. The van der Waals surface area contributed by atoms with Crippen LogP contribution in [0, 0.1) is 38.9 Å². The molecular formula is C40H35N6O12P. The molecule has 0 spiro atoms. The number of aromatic amines is 1. The van der Waals surface area contributed by atoms with E-state index in [0.717, 1.165) is 0 Å². The lowest BCUT2D eigenvalue weighted by atomic mass is 10.1. The van der Waals surface area contributed by atoms with Gasteiger partial charge < -0.3 is 39.2 Å². The Balaban J connectivity index is 1.12. The van der Waals surface area contributed by atoms with E-state index in [1.165, 1.54) is 42.6 Å². The standard InChI is InChI=1S/C40H35N6O12P/c1-5-54-59(53,55-6-2)56-20-19-26-8-14-30(15-9-26)57-40(52)31-16-7-24(3)21-33(31)58-34(47)18-17-32(39(50)51)46-37(48)27-10-12-28(13-11-27)41-22-29-23-42-36-35(45-29)38(49)44-25(4)43-36/h1-2,7-16,21,23,32,41H,17-20,22H2,3-4H3,(H,46,48)(H,50,51)(H,42,43,44,49)/t32-/m0/s1. The van der Waals surface area contributed by atoms with Crippen LogP contribution in [0.3, 0.4) is 0 Å². The molecule has 0 radical (unpaired) electrons. The first kappa shape index (κ1) is 42.6. The quantitative estimate of drug-likeness (QED) is 0.0408. The Morgan fingerprint density at radius 2 is 1.66 bits per heavy atom. The molecule has 0 aliphatic rings. The molecule has 302 valence electrons. The fourth-order valence-corrected chi connectivity index (χ4v) is 5.98. The van der Waals surface area contributed by atoms with Crippen LogP contribution in [-0.4, -0.2) is 61.5 Å². The second kappa shape index (κ2) is 19.6. The molecule has 3 aromatic carbocycles. The van der Waals surface area contributed by atoms with Gasteiger partial charge in [-0.25, -0.2) is 24.1 Å². The number of nitrogens with one attached hydrogen (secondary N) is 3. The molecule has 2 aromatic heterocycles. The van der Waals surface area contributed by atoms with Gasteiger partial charge in [-0.15, -0.1) is 0 Å². The summed E-state index contributed by atoms with van der Waals surface area (Å²) in [5, 5.41) is 15.3. The predicted molar refractivity (Wildman–Crippen MR) is 210 cm³/mol. The monoisotopic (exact) mass is 822 g/mol. The number of carbonyl (C=O) groups is 4. The first-order chi connectivity index (χ1) is 28.2. The molecule has 19 heteroatoms. The van der Waals surface area contributed by atoms with Gasteiger partial charge in [0, 0.05) is 17.7 Å². The number of phosphoric ester groups is 1. The zero-order valence-corrected chi connectivity index (χ0v) is 32.3. The SMILES string of the molecule is C#COP(=O)(OC#C)OCCc1ccc(OC(=O)c2ccc(C)cc2OC(=O)CC[C@H](NC(=O)c2ccc(NCc3cnc4[nH]c(C)nc(=O)c4n3)cc2)C(=O)O)cc1. The number of hydrogen-bond donors (Lipinski definition) is 4. The van der Waals surface area contributed by atoms with Crippen LogP contribution >= 0.6 is 7.82 Å². The zero-order chi connectivity index (χ0) is 42.5. The van der Waals surface area contributed by atoms with Crippen molar-refractivity contribution in [2.24, 2.45) is 0 Å². The Labute approximate surface area is 336 Å². The second-order valence-corrected chi connectivity index (χ2v) is 14.0. The third-order valence-corrected chi connectivity index (χ3v) is 9.30. The number of rotatable bonds is 18. The highest BCUT2D eigenvalue weighted by Crippen LogP contribution is 2.48. The van der Waals surface area contributed by atoms with Crippen LogP contribution in [0.1, 0.15) is 56.2 Å². The van der Waals surface area contributed by atoms with Crippen molar-refractivity contribution in [2.45, 2.75) is 45.7 Å². The maximum atomic E-state index is 13.1. The first-order valence-electron chi connectivity index (χ1n) is 17.5. The van der Waals surface area contributed by atoms with E-state index in [0.29, 0.717) is 34.0 Å². The molecule has 1 atom stereocenters. The molecule has 0 fully saturated rings. The topological polar surface area (TPSA) is 247 Å². The van der Waals surface area contributed by atoms with Gasteiger partial charge in [-0.3, -0.25) is 18.9 Å². The number of benzene rings is 3. The van der Waals surface area contributed by atoms with Crippen molar-refractivity contribution in [3.8, 4) is 36.6 Å². The van der Waals surface area contributed by atoms with Gasteiger partial charge in [0.05, 0.1) is 25.0 Å². The zero-order valence-electron chi connectivity index (χ0n) is 31.4. The third-order valence-electron chi connectivity index (χ3n) is 8.14. The van der Waals surface area contributed by atoms with Crippen LogP contribution < -0.4 is 25.7 Å². The van der Waals surface area contributed by atoms with Crippen LogP contribution in [0.2, 0.25) is 0 Å². The summed E-state index contributed by atoms with van der Waals surface area (Å²) in [6.45, 7) is 3.44. The molecule has 0 saturated carbocycles. The van der Waals surface area contributed by atoms with E-state index in [9.17, 15) is 33.6 Å². The van der Waals surface area contributed by atoms with Crippen molar-refractivity contribution in [3.05, 3.63) is 117 Å². The smallest absolute Gasteiger partial charge is 0.480 e. The van der Waals surface area contributed by atoms with Gasteiger partial charge in [-0.1, -0.05) is 31.0 Å². The van der Waals surface area contributed by atoms with Crippen molar-refractivity contribution < 1.29 is 51.9 Å². The number of carboxylic acid groups (broad SMARTS) is 1. The maximum Gasteiger partial charge on any atom is 0.604 e. The van der Waals surface area contributed by atoms with Gasteiger partial charge >= 0.3 is 31.3 Å². The number of carbonyl (C=O) groups excluding carboxylic acids is 3. The molecular weight excluding hydrogens is 787 g/mol. The summed E-state index contributed by atoms with van der Waals surface area (Å²) >= 11 is 0. The maximum absolute atomic E-state index is 13.1. The lowest BCUT2D eigenvalue weighted by Gasteiger charge is -2.15. The predicted octanol–water partition coefficient (Wildman–Crippen LogP) is 4.61. The average Bonchev–Trinajstić information content (AvgIpc) is 3.19. The number of aromatic nitrogens is 4. The van der Waals surface area contributed by atoms with Crippen molar-refractivity contribution in [2.75, 3.05) is 11.9 Å². The summed E-state index contributed by atoms with van der Waals surface area (Å²) in [6, 6.07) is 15.4. The first-order valence-corrected chi connectivity index (χ1v) is 19.0. The molecule has 0 unspecified atom stereocenters. The van der Waals surface area contributed by atoms with Crippen LogP contribution in [-0.2, 0) is 40.7 Å². The van der Waals surface area contributed by atoms with E-state index in [2.05, 4.69) is 39.6 Å². The molecule has 0 aliphatic carbocycles. The highest BCUT2D eigenvalue weighted by Gasteiger charge is 2.28. The lowest BCUT2D eigenvalue weighted by Crippen LogP contribution is -2.41. The largest absolute Gasteiger partial charge is 0.604 e. The van der Waals surface area contributed by atoms with Crippen LogP contribution in [0.4, 0.5) is 5.69 Å². The summed E-state index contributed by atoms with van der Waals surface area (Å²) in [5.74, 6) is -3.30. The number of amides is 1. The Kier molecular flexibility index (Phi) is 14.1. The number of esters is 2. The minimum Gasteiger partial charge on any atom is -0.480 e. The van der Waals surface area contributed by atoms with Crippen molar-refractivity contribution in [1.29, 1.82) is 0 Å². The molecule has 4 N–H and O–H groups in total. The van der Waals surface area contributed by atoms with E-state index >= 15 is 0 Å². The van der Waals surface area contributed by atoms with E-state index in [4.69, 9.17) is 26.8 Å². The molecule has 2 heterocycles. The minimum absolute atomic E-state index is 0.0759. The highest BCUT2D eigenvalue weighted by molar-refractivity contribution is 7.48. The van der Waals surface area contributed by atoms with Gasteiger partial charge in [0.1, 0.15) is 41.1 Å². The van der Waals surface area contributed by atoms with Crippen LogP contribution in [0.25, 0.3) is 11.2 Å². The molecule has 5 aromatic rings. The number of fused-ring (bicyclic) bond motifs is 1. The van der Waals surface area contributed by atoms with Crippen LogP contribution in [0.15, 0.2) is 77.7 Å². The van der Waals surface area contributed by atoms with E-state index in [1.54, 1.807) is 56.4 Å². The number of phosphoric acid groups is 1. The number of terminal acetylenes is 2. The fourth-order valence-electron chi connectivity index (χ4n) is 5.27. The molecule has 0 saturated heterocycles. The van der Waals surface area contributed by atoms with Gasteiger partial charge in [-0.2, -0.15) is 4.98 Å². The van der Waals surface area contributed by atoms with Crippen molar-refractivity contribution in [3.63, 3.8) is 0 Å². The van der Waals surface area contributed by atoms with Gasteiger partial charge in [0.15, 0.2) is 11.2 Å². The summed E-state index contributed by atoms with van der Waals surface area (Å²) < 4.78 is 37.2. The van der Waals surface area contributed by atoms with E-state index in [-0.39, 0.29) is 54.1 Å². The summed E-state index contributed by atoms with van der Waals surface area (Å²) in [7, 11) is -4.12. The second-order valence-electron chi connectivity index (χ2n) is 12.5. The van der Waals surface area contributed by atoms with E-state index < -0.39 is 49.7 Å². The number of ether oxygens (including phenoxy) is 2. The molecule has 18 nitrogen and oxygen atoms in total. The Morgan fingerprint density at radius 1 is 0.949 bits per heavy atom. The van der Waals surface area contributed by atoms with Gasteiger partial charge in [0.25, 0.3) is 5.91 Å². The number of anilines is 1. The van der Waals surface area contributed by atoms with Crippen molar-refractivity contribution in [1.82, 2.24) is 25.3 Å². The lowest BCUT2D eigenvalue weighted by molar-refractivity contribution is -0.140. The summed E-state index contributed by atoms with van der Waals surface area (Å²) in [5.41, 5.74) is 2.44. The fraction of sp³-hybridized carbons (Fsp3) is 0.200. The Hall–Kier alpha value is -7.53. The molecule has 0 bridgehead atoms. The summed E-state index contributed by atoms with van der Waals surface area (Å²) in [6.07, 6.45) is 14.4. The Morgan fingerprint density at radius 3 is 2.34 bits per heavy atom. The number of aryl methyl sites for hydroxylation is 2. The van der Waals surface area contributed by atoms with Crippen LogP contribution in [0.5, 0.6) is 11.5 Å². The molecule has 0 aliphatic heterocycles. The molecule has 59 heavy (non-hydrogen) atoms. The number of aliphatic carboxylic acids is 1. The molecule has 1 amide bonds. The van der Waals surface area contributed by atoms with Crippen molar-refractivity contribution >= 4 is 48.5 Å². The normalized spacial score (nSPS) is 11.3. The number of carboxylic acids is 1. The number of nitrogens with zero attached hydrogens (tertiary/aromatic N) is 3. The van der Waals surface area contributed by atoms with Gasteiger partial charge in [0.2, 0.25) is 0 Å². The number of hydrogen-bond acceptors (Lipinski definition) is 15. The number of H-pyrrole nitrogens is 1. The highest BCUT2D eigenvalue weighted by atomic mass is 31.2. The Bertz CT molecular complexity index is 2550. The minimum atomic E-state index is -4.12. The third kappa shape index (κ3) is 12.0. The summed E-state index contributed by atoms with van der Waals surface area (Å²) in [4.78, 5) is 78.5.